The van der Waals surface area contributed by atoms with Crippen LogP contribution in [-0.2, 0) is 6.42 Å². The Kier molecular flexibility index (Phi) is 7.75. The van der Waals surface area contributed by atoms with Crippen molar-refractivity contribution in [3.8, 4) is 0 Å². The second-order valence-corrected chi connectivity index (χ2v) is 5.23. The molecule has 0 bridgehead atoms. The molecule has 1 unspecified atom stereocenters. The van der Waals surface area contributed by atoms with Crippen molar-refractivity contribution in [2.45, 2.75) is 65.3 Å². The minimum absolute atomic E-state index is 0.474. The maximum atomic E-state index is 3.60. The summed E-state index contributed by atoms with van der Waals surface area (Å²) in [5.74, 6) is 0. The van der Waals surface area contributed by atoms with Gasteiger partial charge in [-0.25, -0.2) is 0 Å². The smallest absolute Gasteiger partial charge is 0.0291 e. The van der Waals surface area contributed by atoms with Crippen LogP contribution in [0, 0.1) is 0 Å². The topological polar surface area (TPSA) is 12.0 Å². The van der Waals surface area contributed by atoms with Gasteiger partial charge in [0, 0.05) is 6.04 Å². The summed E-state index contributed by atoms with van der Waals surface area (Å²) in [5, 5.41) is 3.60. The molecular formula is C17H29N. The predicted octanol–water partition coefficient (Wildman–Crippen LogP) is 4.87. The highest BCUT2D eigenvalue weighted by Gasteiger charge is 2.03. The Bertz CT molecular complexity index is 302. The normalized spacial score (nSPS) is 12.6. The number of hydrogen-bond acceptors (Lipinski definition) is 1. The Balaban J connectivity index is 2.36. The van der Waals surface area contributed by atoms with E-state index in [9.17, 15) is 0 Å². The molecule has 0 aromatic heterocycles. The molecule has 0 aliphatic carbocycles. The largest absolute Gasteiger partial charge is 0.310 e. The molecular weight excluding hydrogens is 218 g/mol. The number of aryl methyl sites for hydroxylation is 1. The lowest BCUT2D eigenvalue weighted by molar-refractivity contribution is 0.544. The van der Waals surface area contributed by atoms with Gasteiger partial charge in [0.25, 0.3) is 0 Å². The lowest BCUT2D eigenvalue weighted by atomic mass is 10.0. The first-order valence-electron chi connectivity index (χ1n) is 7.60. The number of benzene rings is 1. The lowest BCUT2D eigenvalue weighted by Gasteiger charge is -2.14. The molecule has 1 aromatic rings. The molecule has 1 rings (SSSR count). The predicted molar refractivity (Wildman–Crippen MR) is 81.0 cm³/mol. The zero-order valence-corrected chi connectivity index (χ0v) is 12.3. The van der Waals surface area contributed by atoms with Crippen LogP contribution >= 0.6 is 0 Å². The van der Waals surface area contributed by atoms with E-state index in [2.05, 4.69) is 50.4 Å². The van der Waals surface area contributed by atoms with Crippen LogP contribution in [0.4, 0.5) is 0 Å². The second-order valence-electron chi connectivity index (χ2n) is 5.23. The van der Waals surface area contributed by atoms with Gasteiger partial charge in [-0.2, -0.15) is 0 Å². The molecule has 1 atom stereocenters. The summed E-state index contributed by atoms with van der Waals surface area (Å²) in [4.78, 5) is 0. The minimum Gasteiger partial charge on any atom is -0.310 e. The summed E-state index contributed by atoms with van der Waals surface area (Å²) in [6, 6.07) is 9.61. The third-order valence-electron chi connectivity index (χ3n) is 3.53. The highest BCUT2D eigenvalue weighted by atomic mass is 14.9. The molecule has 0 fully saturated rings. The number of nitrogens with one attached hydrogen (secondary N) is 1. The Hall–Kier alpha value is -0.820. The van der Waals surface area contributed by atoms with Crippen molar-refractivity contribution in [1.82, 2.24) is 5.32 Å². The van der Waals surface area contributed by atoms with E-state index in [1.807, 2.05) is 0 Å². The van der Waals surface area contributed by atoms with E-state index < -0.39 is 0 Å². The molecule has 1 heteroatoms. The van der Waals surface area contributed by atoms with Crippen molar-refractivity contribution < 1.29 is 0 Å². The average Bonchev–Trinajstić information content (AvgIpc) is 2.41. The van der Waals surface area contributed by atoms with Gasteiger partial charge in [0.05, 0.1) is 0 Å². The van der Waals surface area contributed by atoms with E-state index >= 15 is 0 Å². The van der Waals surface area contributed by atoms with E-state index in [4.69, 9.17) is 0 Å². The third kappa shape index (κ3) is 5.68. The van der Waals surface area contributed by atoms with Crippen molar-refractivity contribution in [2.75, 3.05) is 6.54 Å². The first kappa shape index (κ1) is 15.2. The van der Waals surface area contributed by atoms with Crippen molar-refractivity contribution in [3.05, 3.63) is 35.4 Å². The van der Waals surface area contributed by atoms with Crippen LogP contribution in [0.1, 0.15) is 70.0 Å². The highest BCUT2D eigenvalue weighted by molar-refractivity contribution is 5.24. The molecule has 0 aliphatic rings. The van der Waals surface area contributed by atoms with Crippen LogP contribution in [0.15, 0.2) is 24.3 Å². The van der Waals surface area contributed by atoms with Crippen molar-refractivity contribution in [1.29, 1.82) is 0 Å². The van der Waals surface area contributed by atoms with E-state index in [1.54, 1.807) is 0 Å². The highest BCUT2D eigenvalue weighted by Crippen LogP contribution is 2.14. The minimum atomic E-state index is 0.474. The number of hydrogen-bond donors (Lipinski definition) is 1. The summed E-state index contributed by atoms with van der Waals surface area (Å²) < 4.78 is 0. The van der Waals surface area contributed by atoms with Gasteiger partial charge < -0.3 is 5.32 Å². The van der Waals surface area contributed by atoms with Gasteiger partial charge in [-0.3, -0.25) is 0 Å². The number of rotatable bonds is 9. The van der Waals surface area contributed by atoms with Crippen LogP contribution in [0.5, 0.6) is 0 Å². The first-order chi connectivity index (χ1) is 8.77. The molecule has 0 radical (unpaired) electrons. The molecule has 0 saturated carbocycles. The number of unbranched alkanes of at least 4 members (excludes halogenated alkanes) is 3. The van der Waals surface area contributed by atoms with Crippen LogP contribution in [0.3, 0.4) is 0 Å². The standard InChI is InChI=1S/C17H29N/c1-4-6-8-14-18-15(3)17-12-10-16(11-13-17)9-7-5-2/h10-13,15,18H,4-9,14H2,1-3H3. The molecule has 1 N–H and O–H groups in total. The Labute approximate surface area is 113 Å². The van der Waals surface area contributed by atoms with Gasteiger partial charge in [-0.1, -0.05) is 57.4 Å². The molecule has 18 heavy (non-hydrogen) atoms. The molecule has 0 amide bonds. The fraction of sp³-hybridized carbons (Fsp3) is 0.647. The zero-order valence-electron chi connectivity index (χ0n) is 12.3. The Morgan fingerprint density at radius 2 is 1.61 bits per heavy atom. The third-order valence-corrected chi connectivity index (χ3v) is 3.53. The summed E-state index contributed by atoms with van der Waals surface area (Å²) in [6.45, 7) is 7.88. The Morgan fingerprint density at radius 1 is 0.944 bits per heavy atom. The molecule has 102 valence electrons. The molecule has 1 aromatic carbocycles. The van der Waals surface area contributed by atoms with Gasteiger partial charge in [-0.05, 0) is 43.9 Å². The molecule has 0 spiro atoms. The fourth-order valence-corrected chi connectivity index (χ4v) is 2.17. The Morgan fingerprint density at radius 3 is 2.22 bits per heavy atom. The monoisotopic (exact) mass is 247 g/mol. The van der Waals surface area contributed by atoms with Crippen LogP contribution in [0.25, 0.3) is 0 Å². The lowest BCUT2D eigenvalue weighted by Crippen LogP contribution is -2.19. The first-order valence-corrected chi connectivity index (χ1v) is 7.60. The summed E-state index contributed by atoms with van der Waals surface area (Å²) in [5.41, 5.74) is 2.88. The van der Waals surface area contributed by atoms with E-state index in [-0.39, 0.29) is 0 Å². The summed E-state index contributed by atoms with van der Waals surface area (Å²) in [7, 11) is 0. The van der Waals surface area contributed by atoms with E-state index in [0.717, 1.165) is 6.54 Å². The molecule has 0 heterocycles. The summed E-state index contributed by atoms with van der Waals surface area (Å²) >= 11 is 0. The molecule has 0 aliphatic heterocycles. The van der Waals surface area contributed by atoms with Crippen molar-refractivity contribution in [2.24, 2.45) is 0 Å². The molecule has 1 nitrogen and oxygen atoms in total. The molecule has 0 saturated heterocycles. The average molecular weight is 247 g/mol. The maximum Gasteiger partial charge on any atom is 0.0291 e. The van der Waals surface area contributed by atoms with Crippen molar-refractivity contribution >= 4 is 0 Å². The van der Waals surface area contributed by atoms with Gasteiger partial charge in [0.2, 0.25) is 0 Å². The van der Waals surface area contributed by atoms with Gasteiger partial charge in [0.15, 0.2) is 0 Å². The zero-order chi connectivity index (χ0) is 13.2. The SMILES string of the molecule is CCCCCNC(C)c1ccc(CCCC)cc1. The van der Waals surface area contributed by atoms with Crippen LogP contribution in [0.2, 0.25) is 0 Å². The fourth-order valence-electron chi connectivity index (χ4n) is 2.17. The van der Waals surface area contributed by atoms with Gasteiger partial charge in [0.1, 0.15) is 0 Å². The maximum absolute atomic E-state index is 3.60. The van der Waals surface area contributed by atoms with E-state index in [1.165, 1.54) is 49.7 Å². The second kappa shape index (κ2) is 9.16. The van der Waals surface area contributed by atoms with Crippen LogP contribution < -0.4 is 5.32 Å². The van der Waals surface area contributed by atoms with Gasteiger partial charge >= 0.3 is 0 Å². The van der Waals surface area contributed by atoms with Crippen LogP contribution in [-0.4, -0.2) is 6.54 Å². The van der Waals surface area contributed by atoms with E-state index in [0.29, 0.717) is 6.04 Å². The van der Waals surface area contributed by atoms with Crippen molar-refractivity contribution in [3.63, 3.8) is 0 Å². The summed E-state index contributed by atoms with van der Waals surface area (Å²) in [6.07, 6.45) is 7.70. The van der Waals surface area contributed by atoms with Gasteiger partial charge in [-0.15, -0.1) is 0 Å². The quantitative estimate of drug-likeness (QED) is 0.614.